The van der Waals surface area contributed by atoms with Gasteiger partial charge in [0.05, 0.1) is 12.6 Å². The number of benzene rings is 1. The van der Waals surface area contributed by atoms with Gasteiger partial charge in [-0.2, -0.15) is 0 Å². The standard InChI is InChI=1S/C21H26N2O3/c1-26-17(24)20(25)13-18-7-4-11-23-12-10-19(16(18)23)14-5-2-3-6-15(14)22-21(19,20)9-8-18/h2-3,5-6,16,22,25H,4,7-13H2,1H3/t16-,18+,19+,20+,21-/m0/s1. The largest absolute Gasteiger partial charge is 0.467 e. The summed E-state index contributed by atoms with van der Waals surface area (Å²) in [6, 6.07) is 8.90. The third-order valence-electron chi connectivity index (χ3n) is 8.68. The first kappa shape index (κ1) is 15.5. The van der Waals surface area contributed by atoms with E-state index in [1.807, 2.05) is 6.07 Å². The number of anilines is 1. The number of hydrogen-bond acceptors (Lipinski definition) is 5. The number of rotatable bonds is 1. The van der Waals surface area contributed by atoms with Crippen LogP contribution >= 0.6 is 0 Å². The average Bonchev–Trinajstić information content (AvgIpc) is 3.20. The smallest absolute Gasteiger partial charge is 0.340 e. The van der Waals surface area contributed by atoms with E-state index < -0.39 is 17.1 Å². The number of hydrogen-bond donors (Lipinski definition) is 2. The first-order chi connectivity index (χ1) is 12.5. The lowest BCUT2D eigenvalue weighted by Gasteiger charge is -2.71. The fourth-order valence-corrected chi connectivity index (χ4v) is 8.11. The second-order valence-corrected chi connectivity index (χ2v) is 9.23. The van der Waals surface area contributed by atoms with Crippen molar-refractivity contribution in [1.29, 1.82) is 0 Å². The topological polar surface area (TPSA) is 61.8 Å². The summed E-state index contributed by atoms with van der Waals surface area (Å²) in [6.07, 6.45) is 5.70. The van der Waals surface area contributed by atoms with Crippen LogP contribution in [0.5, 0.6) is 0 Å². The van der Waals surface area contributed by atoms with Gasteiger partial charge in [0.1, 0.15) is 0 Å². The van der Waals surface area contributed by atoms with Crippen molar-refractivity contribution in [3.8, 4) is 0 Å². The Morgan fingerprint density at radius 3 is 2.92 bits per heavy atom. The van der Waals surface area contributed by atoms with E-state index in [2.05, 4.69) is 28.4 Å². The molecule has 0 unspecified atom stereocenters. The summed E-state index contributed by atoms with van der Waals surface area (Å²) in [7, 11) is 1.41. The van der Waals surface area contributed by atoms with Gasteiger partial charge in [0.15, 0.2) is 5.60 Å². The molecule has 3 spiro atoms. The highest BCUT2D eigenvalue weighted by atomic mass is 16.5. The molecule has 1 aromatic rings. The van der Waals surface area contributed by atoms with E-state index in [0.29, 0.717) is 12.5 Å². The number of para-hydroxylation sites is 1. The zero-order chi connectivity index (χ0) is 17.8. The van der Waals surface area contributed by atoms with Crippen LogP contribution in [-0.4, -0.2) is 53.4 Å². The Labute approximate surface area is 153 Å². The van der Waals surface area contributed by atoms with E-state index in [9.17, 15) is 9.90 Å². The molecule has 5 nitrogen and oxygen atoms in total. The molecule has 3 aliphatic heterocycles. The van der Waals surface area contributed by atoms with E-state index in [-0.39, 0.29) is 10.8 Å². The molecule has 0 aromatic heterocycles. The maximum absolute atomic E-state index is 13.0. The molecule has 2 saturated heterocycles. The highest BCUT2D eigenvalue weighted by Gasteiger charge is 2.83. The summed E-state index contributed by atoms with van der Waals surface area (Å²) in [5.74, 6) is -0.460. The Morgan fingerprint density at radius 2 is 2.08 bits per heavy atom. The molecule has 2 N–H and O–H groups in total. The minimum Gasteiger partial charge on any atom is -0.467 e. The van der Waals surface area contributed by atoms with Gasteiger partial charge in [-0.3, -0.25) is 4.90 Å². The Kier molecular flexibility index (Phi) is 2.65. The van der Waals surface area contributed by atoms with Crippen LogP contribution in [0.2, 0.25) is 0 Å². The van der Waals surface area contributed by atoms with Crippen molar-refractivity contribution >= 4 is 11.7 Å². The van der Waals surface area contributed by atoms with Gasteiger partial charge in [0, 0.05) is 17.1 Å². The second-order valence-electron chi connectivity index (χ2n) is 9.23. The number of aliphatic hydroxyl groups is 1. The van der Waals surface area contributed by atoms with Crippen LogP contribution < -0.4 is 5.32 Å². The fourth-order valence-electron chi connectivity index (χ4n) is 8.11. The molecule has 1 aromatic carbocycles. The molecular formula is C21H26N2O3. The summed E-state index contributed by atoms with van der Waals surface area (Å²) in [5, 5.41) is 15.7. The number of methoxy groups -OCH3 is 1. The summed E-state index contributed by atoms with van der Waals surface area (Å²) >= 11 is 0. The van der Waals surface area contributed by atoms with Crippen LogP contribution in [0.25, 0.3) is 0 Å². The molecule has 3 heterocycles. The zero-order valence-corrected chi connectivity index (χ0v) is 15.3. The first-order valence-corrected chi connectivity index (χ1v) is 9.96. The molecule has 6 aliphatic rings. The quantitative estimate of drug-likeness (QED) is 0.756. The van der Waals surface area contributed by atoms with Crippen molar-refractivity contribution in [1.82, 2.24) is 4.90 Å². The van der Waals surface area contributed by atoms with Crippen molar-refractivity contribution in [3.05, 3.63) is 29.8 Å². The van der Waals surface area contributed by atoms with Gasteiger partial charge in [0.2, 0.25) is 0 Å². The van der Waals surface area contributed by atoms with Gasteiger partial charge in [-0.25, -0.2) is 4.79 Å². The number of nitrogens with one attached hydrogen (secondary N) is 1. The van der Waals surface area contributed by atoms with Gasteiger partial charge in [-0.1, -0.05) is 18.2 Å². The highest BCUT2D eigenvalue weighted by molar-refractivity contribution is 5.87. The minimum atomic E-state index is -1.47. The Morgan fingerprint density at radius 1 is 1.23 bits per heavy atom. The molecule has 3 saturated carbocycles. The molecule has 0 amide bonds. The SMILES string of the molecule is COC(=O)[C@]1(O)C[C@@]23CCCN4CC[C@@]5(c6ccccc6N[C@]15CC2)[C@@H]43. The van der Waals surface area contributed by atoms with Gasteiger partial charge in [0.25, 0.3) is 0 Å². The van der Waals surface area contributed by atoms with E-state index in [0.717, 1.165) is 50.9 Å². The van der Waals surface area contributed by atoms with Gasteiger partial charge < -0.3 is 15.2 Å². The Bertz CT molecular complexity index is 827. The lowest BCUT2D eigenvalue weighted by Crippen LogP contribution is -2.83. The Hall–Kier alpha value is -1.59. The van der Waals surface area contributed by atoms with Crippen LogP contribution in [0.1, 0.15) is 44.1 Å². The first-order valence-electron chi connectivity index (χ1n) is 9.96. The summed E-state index contributed by atoms with van der Waals surface area (Å²) < 4.78 is 5.18. The lowest BCUT2D eigenvalue weighted by molar-refractivity contribution is -0.223. The van der Waals surface area contributed by atoms with E-state index in [4.69, 9.17) is 4.74 Å². The predicted octanol–water partition coefficient (Wildman–Crippen LogP) is 2.04. The van der Waals surface area contributed by atoms with Crippen LogP contribution in [0.15, 0.2) is 24.3 Å². The molecule has 26 heavy (non-hydrogen) atoms. The Balaban J connectivity index is 1.68. The number of carbonyl (C=O) groups excluding carboxylic acids is 1. The molecule has 5 atom stereocenters. The summed E-state index contributed by atoms with van der Waals surface area (Å²) in [5.41, 5.74) is 0.0839. The number of ether oxygens (including phenoxy) is 1. The molecule has 138 valence electrons. The van der Waals surface area contributed by atoms with E-state index in [1.165, 1.54) is 12.7 Å². The van der Waals surface area contributed by atoms with Crippen LogP contribution in [0, 0.1) is 5.41 Å². The van der Waals surface area contributed by atoms with E-state index >= 15 is 0 Å². The molecule has 2 bridgehead atoms. The molecule has 5 heteroatoms. The molecule has 7 rings (SSSR count). The van der Waals surface area contributed by atoms with Gasteiger partial charge >= 0.3 is 5.97 Å². The molecule has 3 aliphatic carbocycles. The van der Waals surface area contributed by atoms with Crippen molar-refractivity contribution in [3.63, 3.8) is 0 Å². The number of fused-ring (bicyclic) bond motifs is 3. The highest BCUT2D eigenvalue weighted by Crippen LogP contribution is 2.75. The normalized spacial score (nSPS) is 47.7. The summed E-state index contributed by atoms with van der Waals surface area (Å²) in [6.45, 7) is 2.20. The molecule has 5 fully saturated rings. The third kappa shape index (κ3) is 1.31. The predicted molar refractivity (Wildman–Crippen MR) is 96.9 cm³/mol. The van der Waals surface area contributed by atoms with Crippen LogP contribution in [0.3, 0.4) is 0 Å². The monoisotopic (exact) mass is 354 g/mol. The van der Waals surface area contributed by atoms with Crippen LogP contribution in [-0.2, 0) is 14.9 Å². The second kappa shape index (κ2) is 4.45. The lowest BCUT2D eigenvalue weighted by atomic mass is 9.37. The molecule has 0 radical (unpaired) electrons. The van der Waals surface area contributed by atoms with Crippen molar-refractivity contribution < 1.29 is 14.6 Å². The third-order valence-corrected chi connectivity index (χ3v) is 8.68. The number of piperidine rings is 1. The molecular weight excluding hydrogens is 328 g/mol. The van der Waals surface area contributed by atoms with Crippen LogP contribution in [0.4, 0.5) is 5.69 Å². The van der Waals surface area contributed by atoms with Crippen molar-refractivity contribution in [2.24, 2.45) is 5.41 Å². The summed E-state index contributed by atoms with van der Waals surface area (Å²) in [4.78, 5) is 15.6. The van der Waals surface area contributed by atoms with Crippen molar-refractivity contribution in [2.45, 2.75) is 61.1 Å². The van der Waals surface area contributed by atoms with Gasteiger partial charge in [-0.15, -0.1) is 0 Å². The fraction of sp³-hybridized carbons (Fsp3) is 0.667. The van der Waals surface area contributed by atoms with Gasteiger partial charge in [-0.05, 0) is 68.7 Å². The number of esters is 1. The zero-order valence-electron chi connectivity index (χ0n) is 15.3. The van der Waals surface area contributed by atoms with Crippen molar-refractivity contribution in [2.75, 3.05) is 25.5 Å². The van der Waals surface area contributed by atoms with E-state index in [1.54, 1.807) is 0 Å². The average molecular weight is 354 g/mol. The maximum Gasteiger partial charge on any atom is 0.340 e. The maximum atomic E-state index is 13.0. The number of carbonyl (C=O) groups is 1. The number of nitrogens with zero attached hydrogens (tertiary/aromatic N) is 1. The minimum absolute atomic E-state index is 0.0125.